The van der Waals surface area contributed by atoms with Gasteiger partial charge in [-0.2, -0.15) is 0 Å². The minimum atomic E-state index is -0.614. The van der Waals surface area contributed by atoms with Gasteiger partial charge in [0.1, 0.15) is 0 Å². The van der Waals surface area contributed by atoms with Gasteiger partial charge >= 0.3 is 6.03 Å². The van der Waals surface area contributed by atoms with Gasteiger partial charge in [0.15, 0.2) is 12.2 Å². The molecule has 3 aliphatic rings. The van der Waals surface area contributed by atoms with Gasteiger partial charge < -0.3 is 9.64 Å². The average molecular weight is 446 g/mol. The van der Waals surface area contributed by atoms with Crippen molar-refractivity contribution in [2.75, 3.05) is 32.2 Å². The number of guanidine groups is 1. The molecule has 5 rings (SSSR count). The topological polar surface area (TPSA) is 68.7 Å². The van der Waals surface area contributed by atoms with Gasteiger partial charge in [0.05, 0.1) is 24.5 Å². The molecule has 0 bridgehead atoms. The third kappa shape index (κ3) is 3.29. The molecule has 3 aliphatic heterocycles. The molecule has 2 atom stereocenters. The van der Waals surface area contributed by atoms with E-state index in [9.17, 15) is 9.59 Å². The number of ether oxygens (including phenoxy) is 1. The molecular weight excluding hydrogens is 418 g/mol. The van der Waals surface area contributed by atoms with Crippen LogP contribution in [0.2, 0.25) is 0 Å². The number of aliphatic imine (C=N–C) groups is 1. The van der Waals surface area contributed by atoms with Crippen molar-refractivity contribution in [3.63, 3.8) is 0 Å². The number of hydrogen-bond acceptors (Lipinski definition) is 6. The van der Waals surface area contributed by atoms with Crippen LogP contribution in [0.3, 0.4) is 0 Å². The Labute approximate surface area is 193 Å². The number of fused-ring (bicyclic) bond motifs is 3. The molecule has 3 amide bonds. The molecule has 3 heterocycles. The van der Waals surface area contributed by atoms with E-state index in [4.69, 9.17) is 9.73 Å². The Morgan fingerprint density at radius 3 is 2.48 bits per heavy atom. The van der Waals surface area contributed by atoms with Crippen LogP contribution in [0, 0.1) is 0 Å². The molecule has 1 saturated heterocycles. The first-order chi connectivity index (χ1) is 16.1. The second-order valence-electron chi connectivity index (χ2n) is 8.27. The van der Waals surface area contributed by atoms with Gasteiger partial charge in [-0.05, 0) is 18.1 Å². The number of urea groups is 1. The largest absolute Gasteiger partial charge is 0.383 e. The summed E-state index contributed by atoms with van der Waals surface area (Å²) in [7, 11) is 3.26. The van der Waals surface area contributed by atoms with E-state index in [1.54, 1.807) is 19.1 Å². The number of imide groups is 1. The van der Waals surface area contributed by atoms with Crippen molar-refractivity contribution in [1.82, 2.24) is 14.7 Å². The number of rotatable bonds is 6. The van der Waals surface area contributed by atoms with Crippen molar-refractivity contribution in [1.29, 1.82) is 0 Å². The van der Waals surface area contributed by atoms with Crippen molar-refractivity contribution in [3.8, 4) is 0 Å². The number of aryl methyl sites for hydroxylation is 1. The lowest BCUT2D eigenvalue weighted by molar-refractivity contribution is -0.137. The maximum atomic E-state index is 13.5. The van der Waals surface area contributed by atoms with E-state index in [2.05, 4.69) is 36.1 Å². The van der Waals surface area contributed by atoms with Crippen LogP contribution in [-0.4, -0.2) is 72.1 Å². The molecule has 0 N–H and O–H groups in total. The standard InChI is InChI=1S/C25H27N5O3/c1-4-17-10-8-9-13-19(17)30-20(18-11-6-5-7-12-18)16-29-21-22(26-24(29)30)27(2)25(32)28(23(21)31)14-15-33-3/h5-13,16,21-22H,4,14-15H2,1-3H3. The molecule has 170 valence electrons. The number of anilines is 1. The first kappa shape index (κ1) is 21.2. The van der Waals surface area contributed by atoms with Crippen molar-refractivity contribution < 1.29 is 14.3 Å². The van der Waals surface area contributed by atoms with E-state index in [1.807, 2.05) is 41.4 Å². The number of carbonyl (C=O) groups excluding carboxylic acids is 2. The van der Waals surface area contributed by atoms with Crippen LogP contribution >= 0.6 is 0 Å². The second kappa shape index (κ2) is 8.37. The van der Waals surface area contributed by atoms with Gasteiger partial charge in [0.25, 0.3) is 5.91 Å². The quantitative estimate of drug-likeness (QED) is 0.684. The van der Waals surface area contributed by atoms with Crippen molar-refractivity contribution in [2.24, 2.45) is 4.99 Å². The summed E-state index contributed by atoms with van der Waals surface area (Å²) in [5.74, 6) is 0.402. The summed E-state index contributed by atoms with van der Waals surface area (Å²) in [4.78, 5) is 38.1. The fourth-order valence-electron chi connectivity index (χ4n) is 4.70. The van der Waals surface area contributed by atoms with Crippen molar-refractivity contribution >= 4 is 29.3 Å². The van der Waals surface area contributed by atoms with E-state index in [0.29, 0.717) is 5.96 Å². The Kier molecular flexibility index (Phi) is 5.38. The summed E-state index contributed by atoms with van der Waals surface area (Å²) in [6.07, 6.45) is 2.27. The number of carbonyl (C=O) groups is 2. The molecular formula is C25H27N5O3. The first-order valence-corrected chi connectivity index (χ1v) is 11.1. The summed E-state index contributed by atoms with van der Waals surface area (Å²) >= 11 is 0. The molecule has 33 heavy (non-hydrogen) atoms. The highest BCUT2D eigenvalue weighted by Crippen LogP contribution is 2.41. The van der Waals surface area contributed by atoms with E-state index < -0.39 is 12.2 Å². The maximum Gasteiger partial charge on any atom is 0.328 e. The molecule has 1 fully saturated rings. The lowest BCUT2D eigenvalue weighted by Crippen LogP contribution is -2.64. The monoisotopic (exact) mass is 445 g/mol. The van der Waals surface area contributed by atoms with Gasteiger partial charge in [-0.3, -0.25) is 19.5 Å². The molecule has 2 aromatic carbocycles. The highest BCUT2D eigenvalue weighted by Gasteiger charge is 2.54. The van der Waals surface area contributed by atoms with Gasteiger partial charge in [0, 0.05) is 25.9 Å². The summed E-state index contributed by atoms with van der Waals surface area (Å²) in [5, 5.41) is 0. The Hall–Kier alpha value is -3.65. The fraction of sp³-hybridized carbons (Fsp3) is 0.320. The zero-order chi connectivity index (χ0) is 23.1. The Morgan fingerprint density at radius 1 is 1.03 bits per heavy atom. The van der Waals surface area contributed by atoms with Gasteiger partial charge in [-0.1, -0.05) is 55.5 Å². The SMILES string of the molecule is CCc1ccccc1N1C(c2ccccc2)=CN2C1=NC1C2C(=O)N(CCOC)C(=O)N1C. The second-order valence-corrected chi connectivity index (χ2v) is 8.27. The van der Waals surface area contributed by atoms with Crippen LogP contribution in [0.15, 0.2) is 65.8 Å². The predicted octanol–water partition coefficient (Wildman–Crippen LogP) is 2.97. The zero-order valence-electron chi connectivity index (χ0n) is 19.0. The molecule has 8 heteroatoms. The Bertz CT molecular complexity index is 1150. The van der Waals surface area contributed by atoms with Crippen LogP contribution in [-0.2, 0) is 16.0 Å². The van der Waals surface area contributed by atoms with Crippen LogP contribution in [0.25, 0.3) is 5.70 Å². The lowest BCUT2D eigenvalue weighted by Gasteiger charge is -2.40. The van der Waals surface area contributed by atoms with Crippen LogP contribution in [0.1, 0.15) is 18.1 Å². The van der Waals surface area contributed by atoms with Crippen molar-refractivity contribution in [3.05, 3.63) is 71.9 Å². The molecule has 2 unspecified atom stereocenters. The molecule has 2 aromatic rings. The first-order valence-electron chi connectivity index (χ1n) is 11.1. The van der Waals surface area contributed by atoms with E-state index in [0.717, 1.165) is 23.4 Å². The number of likely N-dealkylation sites (N-methyl/N-ethyl adjacent to an activating group) is 1. The smallest absolute Gasteiger partial charge is 0.328 e. The van der Waals surface area contributed by atoms with Gasteiger partial charge in [0.2, 0.25) is 5.96 Å². The van der Waals surface area contributed by atoms with Crippen molar-refractivity contribution in [2.45, 2.75) is 25.6 Å². The third-order valence-corrected chi connectivity index (χ3v) is 6.41. The van der Waals surface area contributed by atoms with Crippen LogP contribution in [0.5, 0.6) is 0 Å². The molecule has 0 spiro atoms. The Balaban J connectivity index is 1.61. The number of nitrogens with zero attached hydrogens (tertiary/aromatic N) is 5. The van der Waals surface area contributed by atoms with Crippen LogP contribution in [0.4, 0.5) is 10.5 Å². The van der Waals surface area contributed by atoms with E-state index in [1.165, 1.54) is 10.5 Å². The highest BCUT2D eigenvalue weighted by molar-refractivity contribution is 6.16. The molecule has 0 aromatic heterocycles. The zero-order valence-corrected chi connectivity index (χ0v) is 19.0. The van der Waals surface area contributed by atoms with Crippen LogP contribution < -0.4 is 4.90 Å². The minimum absolute atomic E-state index is 0.211. The lowest BCUT2D eigenvalue weighted by atomic mass is 10.1. The Morgan fingerprint density at radius 2 is 1.76 bits per heavy atom. The minimum Gasteiger partial charge on any atom is -0.383 e. The maximum absolute atomic E-state index is 13.5. The normalized spacial score (nSPS) is 21.9. The molecule has 0 saturated carbocycles. The molecule has 0 radical (unpaired) electrons. The molecule has 8 nitrogen and oxygen atoms in total. The predicted molar refractivity (Wildman–Crippen MR) is 126 cm³/mol. The molecule has 0 aliphatic carbocycles. The van der Waals surface area contributed by atoms with E-state index in [-0.39, 0.29) is 25.1 Å². The van der Waals surface area contributed by atoms with Gasteiger partial charge in [-0.25, -0.2) is 9.79 Å². The average Bonchev–Trinajstić information content (AvgIpc) is 3.39. The summed E-state index contributed by atoms with van der Waals surface area (Å²) in [6, 6.07) is 17.3. The highest BCUT2D eigenvalue weighted by atomic mass is 16.5. The fourth-order valence-corrected chi connectivity index (χ4v) is 4.70. The third-order valence-electron chi connectivity index (χ3n) is 6.41. The summed E-state index contributed by atoms with van der Waals surface area (Å²) < 4.78 is 5.12. The number of amides is 3. The number of benzene rings is 2. The number of para-hydroxylation sites is 1. The van der Waals surface area contributed by atoms with E-state index >= 15 is 0 Å². The summed E-state index contributed by atoms with van der Waals surface area (Å²) in [5.41, 5.74) is 4.18. The van der Waals surface area contributed by atoms with Gasteiger partial charge in [-0.15, -0.1) is 0 Å². The number of methoxy groups -OCH3 is 1. The number of hydrogen-bond donors (Lipinski definition) is 0. The summed E-state index contributed by atoms with van der Waals surface area (Å²) in [6.45, 7) is 2.62.